The first-order valence-corrected chi connectivity index (χ1v) is 8.99. The first-order valence-electron chi connectivity index (χ1n) is 8.99. The maximum atomic E-state index is 12.4. The van der Waals surface area contributed by atoms with Crippen LogP contribution in [-0.2, 0) is 9.59 Å². The Morgan fingerprint density at radius 2 is 1.96 bits per heavy atom. The summed E-state index contributed by atoms with van der Waals surface area (Å²) < 4.78 is 0. The Balaban J connectivity index is 0.00000261. The second-order valence-corrected chi connectivity index (χ2v) is 6.95. The van der Waals surface area contributed by atoms with E-state index in [2.05, 4.69) is 22.1 Å². The highest BCUT2D eigenvalue weighted by atomic mass is 35.5. The van der Waals surface area contributed by atoms with Crippen LogP contribution in [0, 0.1) is 5.92 Å². The van der Waals surface area contributed by atoms with Crippen molar-refractivity contribution in [2.75, 3.05) is 38.1 Å². The standard InChI is InChI=1S/C18H25N5O3.ClH/c1-3-4-13-9-22(14-5-7-19-8-6-14)10-15(13)20-16(24)11-23-17(25)12-21(2)18(23)26;/h5-8,13,15H,3-4,9-12H2,1-2H3,(H,20,24);1H/t13-,15-;/m0./s1. The van der Waals surface area contributed by atoms with Gasteiger partial charge in [0.2, 0.25) is 5.91 Å². The fourth-order valence-corrected chi connectivity index (χ4v) is 3.68. The highest BCUT2D eigenvalue weighted by molar-refractivity contribution is 6.04. The third kappa shape index (κ3) is 4.68. The van der Waals surface area contributed by atoms with Gasteiger partial charge in [-0.2, -0.15) is 0 Å². The van der Waals surface area contributed by atoms with E-state index in [9.17, 15) is 14.4 Å². The van der Waals surface area contributed by atoms with Gasteiger partial charge in [0, 0.05) is 38.2 Å². The Bertz CT molecular complexity index is 687. The van der Waals surface area contributed by atoms with E-state index in [1.54, 1.807) is 19.4 Å². The molecule has 0 radical (unpaired) electrons. The maximum Gasteiger partial charge on any atom is 0.327 e. The average Bonchev–Trinajstić information content (AvgIpc) is 3.12. The van der Waals surface area contributed by atoms with Crippen LogP contribution in [0.1, 0.15) is 19.8 Å². The molecule has 148 valence electrons. The summed E-state index contributed by atoms with van der Waals surface area (Å²) in [7, 11) is 1.55. The molecular formula is C18H26ClN5O3. The van der Waals surface area contributed by atoms with Crippen molar-refractivity contribution < 1.29 is 14.4 Å². The second kappa shape index (κ2) is 9.03. The molecule has 9 heteroatoms. The van der Waals surface area contributed by atoms with Crippen LogP contribution in [0.25, 0.3) is 0 Å². The van der Waals surface area contributed by atoms with Gasteiger partial charge in [-0.05, 0) is 24.5 Å². The average molecular weight is 396 g/mol. The molecule has 1 aromatic heterocycles. The summed E-state index contributed by atoms with van der Waals surface area (Å²) in [5.41, 5.74) is 1.09. The minimum absolute atomic E-state index is 0. The van der Waals surface area contributed by atoms with Crippen LogP contribution in [0.2, 0.25) is 0 Å². The van der Waals surface area contributed by atoms with Crippen LogP contribution in [0.15, 0.2) is 24.5 Å². The third-order valence-corrected chi connectivity index (χ3v) is 5.01. The van der Waals surface area contributed by atoms with Gasteiger partial charge < -0.3 is 15.1 Å². The van der Waals surface area contributed by atoms with Gasteiger partial charge in [0.05, 0.1) is 6.04 Å². The van der Waals surface area contributed by atoms with E-state index >= 15 is 0 Å². The molecule has 1 aromatic rings. The van der Waals surface area contributed by atoms with Crippen molar-refractivity contribution in [2.45, 2.75) is 25.8 Å². The van der Waals surface area contributed by atoms with E-state index in [0.717, 1.165) is 30.0 Å². The topological polar surface area (TPSA) is 85.8 Å². The van der Waals surface area contributed by atoms with E-state index in [1.165, 1.54) is 4.90 Å². The maximum absolute atomic E-state index is 12.4. The van der Waals surface area contributed by atoms with Crippen molar-refractivity contribution >= 4 is 35.9 Å². The largest absolute Gasteiger partial charge is 0.369 e. The molecule has 0 bridgehead atoms. The zero-order valence-corrected chi connectivity index (χ0v) is 16.4. The fourth-order valence-electron chi connectivity index (χ4n) is 3.68. The zero-order chi connectivity index (χ0) is 18.7. The Hall–Kier alpha value is -2.35. The van der Waals surface area contributed by atoms with Crippen molar-refractivity contribution in [1.82, 2.24) is 20.1 Å². The number of nitrogens with zero attached hydrogens (tertiary/aromatic N) is 4. The predicted octanol–water partition coefficient (Wildman–Crippen LogP) is 1.12. The predicted molar refractivity (Wildman–Crippen MR) is 104 cm³/mol. The smallest absolute Gasteiger partial charge is 0.327 e. The first kappa shape index (κ1) is 21.0. The lowest BCUT2D eigenvalue weighted by molar-refractivity contribution is -0.131. The first-order chi connectivity index (χ1) is 12.5. The van der Waals surface area contributed by atoms with Crippen LogP contribution in [-0.4, -0.2) is 71.9 Å². The highest BCUT2D eigenvalue weighted by Gasteiger charge is 2.37. The number of hydrogen-bond acceptors (Lipinski definition) is 5. The molecule has 2 saturated heterocycles. The Kier molecular flexibility index (Phi) is 7.01. The SMILES string of the molecule is CCC[C@H]1CN(c2ccncc2)C[C@@H]1NC(=O)CN1C(=O)CN(C)C1=O.Cl. The highest BCUT2D eigenvalue weighted by Crippen LogP contribution is 2.26. The summed E-state index contributed by atoms with van der Waals surface area (Å²) in [6.07, 6.45) is 5.57. The van der Waals surface area contributed by atoms with Gasteiger partial charge in [-0.25, -0.2) is 4.79 Å². The molecular weight excluding hydrogens is 370 g/mol. The Morgan fingerprint density at radius 3 is 2.56 bits per heavy atom. The van der Waals surface area contributed by atoms with Crippen molar-refractivity contribution in [3.05, 3.63) is 24.5 Å². The van der Waals surface area contributed by atoms with Gasteiger partial charge in [-0.15, -0.1) is 12.4 Å². The number of carbonyl (C=O) groups is 3. The van der Waals surface area contributed by atoms with Gasteiger partial charge in [-0.1, -0.05) is 13.3 Å². The number of likely N-dealkylation sites (N-methyl/N-ethyl adjacent to an activating group) is 1. The zero-order valence-electron chi connectivity index (χ0n) is 15.6. The molecule has 1 N–H and O–H groups in total. The van der Waals surface area contributed by atoms with Gasteiger partial charge in [-0.3, -0.25) is 19.5 Å². The number of aromatic nitrogens is 1. The fraction of sp³-hybridized carbons (Fsp3) is 0.556. The lowest BCUT2D eigenvalue weighted by atomic mass is 9.98. The van der Waals surface area contributed by atoms with Crippen LogP contribution < -0.4 is 10.2 Å². The molecule has 2 aliphatic heterocycles. The van der Waals surface area contributed by atoms with Crippen LogP contribution in [0.3, 0.4) is 0 Å². The number of urea groups is 1. The number of amides is 4. The molecule has 2 atom stereocenters. The number of pyridine rings is 1. The van der Waals surface area contributed by atoms with E-state index in [1.807, 2.05) is 12.1 Å². The summed E-state index contributed by atoms with van der Waals surface area (Å²) in [4.78, 5) is 44.8. The number of rotatable bonds is 6. The number of carbonyl (C=O) groups excluding carboxylic acids is 3. The number of halogens is 1. The summed E-state index contributed by atoms with van der Waals surface area (Å²) in [6, 6.07) is 3.51. The molecule has 8 nitrogen and oxygen atoms in total. The summed E-state index contributed by atoms with van der Waals surface area (Å²) in [6.45, 7) is 3.52. The molecule has 0 spiro atoms. The quantitative estimate of drug-likeness (QED) is 0.729. The number of anilines is 1. The number of imide groups is 1. The monoisotopic (exact) mass is 395 g/mol. The molecule has 3 rings (SSSR count). The summed E-state index contributed by atoms with van der Waals surface area (Å²) in [5.74, 6) is -0.281. The van der Waals surface area contributed by atoms with Crippen LogP contribution in [0.5, 0.6) is 0 Å². The molecule has 27 heavy (non-hydrogen) atoms. The minimum atomic E-state index is -0.417. The summed E-state index contributed by atoms with van der Waals surface area (Å²) in [5, 5.41) is 3.04. The summed E-state index contributed by atoms with van der Waals surface area (Å²) >= 11 is 0. The van der Waals surface area contributed by atoms with E-state index in [4.69, 9.17) is 0 Å². The van der Waals surface area contributed by atoms with Crippen molar-refractivity contribution in [3.63, 3.8) is 0 Å². The van der Waals surface area contributed by atoms with Crippen molar-refractivity contribution in [1.29, 1.82) is 0 Å². The number of hydrogen-bond donors (Lipinski definition) is 1. The Labute approximate surface area is 165 Å². The molecule has 2 fully saturated rings. The van der Waals surface area contributed by atoms with Crippen molar-refractivity contribution in [3.8, 4) is 0 Å². The molecule has 0 saturated carbocycles. The molecule has 4 amide bonds. The molecule has 2 aliphatic rings. The minimum Gasteiger partial charge on any atom is -0.369 e. The van der Waals surface area contributed by atoms with Crippen LogP contribution >= 0.6 is 12.4 Å². The lowest BCUT2D eigenvalue weighted by Gasteiger charge is -2.21. The van der Waals surface area contributed by atoms with E-state index < -0.39 is 6.03 Å². The number of nitrogens with one attached hydrogen (secondary N) is 1. The molecule has 0 aromatic carbocycles. The van der Waals surface area contributed by atoms with Gasteiger partial charge in [0.25, 0.3) is 5.91 Å². The molecule has 3 heterocycles. The second-order valence-electron chi connectivity index (χ2n) is 6.95. The lowest BCUT2D eigenvalue weighted by Crippen LogP contribution is -2.47. The van der Waals surface area contributed by atoms with Crippen molar-refractivity contribution in [2.24, 2.45) is 5.92 Å². The van der Waals surface area contributed by atoms with Gasteiger partial charge >= 0.3 is 6.03 Å². The van der Waals surface area contributed by atoms with E-state index in [0.29, 0.717) is 12.5 Å². The normalized spacial score (nSPS) is 22.2. The van der Waals surface area contributed by atoms with E-state index in [-0.39, 0.29) is 43.4 Å². The van der Waals surface area contributed by atoms with Gasteiger partial charge in [0.1, 0.15) is 13.1 Å². The van der Waals surface area contributed by atoms with Crippen LogP contribution in [0.4, 0.5) is 10.5 Å². The Morgan fingerprint density at radius 1 is 1.26 bits per heavy atom. The van der Waals surface area contributed by atoms with Gasteiger partial charge in [0.15, 0.2) is 0 Å². The molecule has 0 aliphatic carbocycles. The molecule has 0 unspecified atom stereocenters. The third-order valence-electron chi connectivity index (χ3n) is 5.01.